The molecule has 2 fully saturated rings. The molecule has 0 aromatic rings. The summed E-state index contributed by atoms with van der Waals surface area (Å²) in [7, 11) is 0. The molecule has 5 nitrogen and oxygen atoms in total. The SMILES string of the molecule is CC(C)(C)OC(=O)NC1CCCC(NCC2CCCOC2)C1. The van der Waals surface area contributed by atoms with Crippen LogP contribution in [0.15, 0.2) is 0 Å². The second-order valence-corrected chi connectivity index (χ2v) is 7.70. The molecule has 0 aromatic carbocycles. The molecule has 1 heterocycles. The van der Waals surface area contributed by atoms with Gasteiger partial charge in [-0.15, -0.1) is 0 Å². The number of alkyl carbamates (subject to hydrolysis) is 1. The molecule has 1 amide bonds. The molecule has 3 unspecified atom stereocenters. The van der Waals surface area contributed by atoms with Crippen molar-refractivity contribution in [2.45, 2.75) is 77.0 Å². The Kier molecular flexibility index (Phi) is 6.50. The molecule has 22 heavy (non-hydrogen) atoms. The molecular formula is C17H32N2O3. The molecule has 1 aliphatic carbocycles. The maximum Gasteiger partial charge on any atom is 0.407 e. The van der Waals surface area contributed by atoms with E-state index < -0.39 is 5.60 Å². The lowest BCUT2D eigenvalue weighted by atomic mass is 9.90. The van der Waals surface area contributed by atoms with Gasteiger partial charge < -0.3 is 20.1 Å². The van der Waals surface area contributed by atoms with Crippen LogP contribution in [0.3, 0.4) is 0 Å². The molecule has 128 valence electrons. The summed E-state index contributed by atoms with van der Waals surface area (Å²) in [6.07, 6.45) is 6.54. The Morgan fingerprint density at radius 1 is 1.18 bits per heavy atom. The monoisotopic (exact) mass is 312 g/mol. The van der Waals surface area contributed by atoms with Gasteiger partial charge in [0, 0.05) is 25.2 Å². The van der Waals surface area contributed by atoms with Gasteiger partial charge >= 0.3 is 6.09 Å². The van der Waals surface area contributed by atoms with Crippen molar-refractivity contribution in [2.24, 2.45) is 5.92 Å². The second kappa shape index (κ2) is 8.16. The van der Waals surface area contributed by atoms with Crippen molar-refractivity contribution in [3.8, 4) is 0 Å². The van der Waals surface area contributed by atoms with Crippen molar-refractivity contribution in [3.05, 3.63) is 0 Å². The first kappa shape index (κ1) is 17.5. The zero-order valence-electron chi connectivity index (χ0n) is 14.3. The average molecular weight is 312 g/mol. The van der Waals surface area contributed by atoms with Crippen LogP contribution in [0.5, 0.6) is 0 Å². The van der Waals surface area contributed by atoms with Crippen molar-refractivity contribution >= 4 is 6.09 Å². The Morgan fingerprint density at radius 2 is 1.95 bits per heavy atom. The lowest BCUT2D eigenvalue weighted by Gasteiger charge is -2.32. The Balaban J connectivity index is 1.68. The van der Waals surface area contributed by atoms with Gasteiger partial charge in [0.2, 0.25) is 0 Å². The molecule has 0 radical (unpaired) electrons. The van der Waals surface area contributed by atoms with E-state index in [9.17, 15) is 4.79 Å². The number of hydrogen-bond acceptors (Lipinski definition) is 4. The molecule has 2 rings (SSSR count). The van der Waals surface area contributed by atoms with E-state index in [-0.39, 0.29) is 12.1 Å². The molecule has 0 spiro atoms. The van der Waals surface area contributed by atoms with Crippen LogP contribution in [0.2, 0.25) is 0 Å². The van der Waals surface area contributed by atoms with E-state index in [1.807, 2.05) is 20.8 Å². The molecule has 5 heteroatoms. The van der Waals surface area contributed by atoms with E-state index in [1.54, 1.807) is 0 Å². The van der Waals surface area contributed by atoms with Gasteiger partial charge in [0.1, 0.15) is 5.60 Å². The first-order valence-electron chi connectivity index (χ1n) is 8.73. The van der Waals surface area contributed by atoms with E-state index >= 15 is 0 Å². The summed E-state index contributed by atoms with van der Waals surface area (Å²) in [6.45, 7) is 8.52. The summed E-state index contributed by atoms with van der Waals surface area (Å²) in [6, 6.07) is 0.722. The quantitative estimate of drug-likeness (QED) is 0.838. The molecule has 0 bridgehead atoms. The third-order valence-corrected chi connectivity index (χ3v) is 4.34. The minimum absolute atomic E-state index is 0.226. The van der Waals surface area contributed by atoms with Gasteiger partial charge in [0.25, 0.3) is 0 Å². The van der Waals surface area contributed by atoms with E-state index in [4.69, 9.17) is 9.47 Å². The van der Waals surface area contributed by atoms with Crippen molar-refractivity contribution in [1.82, 2.24) is 10.6 Å². The fraction of sp³-hybridized carbons (Fsp3) is 0.941. The molecule has 1 aliphatic heterocycles. The number of rotatable bonds is 4. The summed E-state index contributed by atoms with van der Waals surface area (Å²) < 4.78 is 10.9. The molecule has 2 aliphatic rings. The van der Waals surface area contributed by atoms with Gasteiger partial charge in [-0.25, -0.2) is 4.79 Å². The van der Waals surface area contributed by atoms with Gasteiger partial charge in [0.15, 0.2) is 0 Å². The summed E-state index contributed by atoms with van der Waals surface area (Å²) in [4.78, 5) is 11.9. The van der Waals surface area contributed by atoms with Crippen LogP contribution in [0, 0.1) is 5.92 Å². The highest BCUT2D eigenvalue weighted by Gasteiger charge is 2.26. The summed E-state index contributed by atoms with van der Waals surface area (Å²) in [5.41, 5.74) is -0.433. The number of carbonyl (C=O) groups is 1. The summed E-state index contributed by atoms with van der Waals surface area (Å²) >= 11 is 0. The fourth-order valence-electron chi connectivity index (χ4n) is 3.28. The minimum Gasteiger partial charge on any atom is -0.444 e. The van der Waals surface area contributed by atoms with Gasteiger partial charge in [0.05, 0.1) is 6.61 Å². The Labute approximate surface area is 134 Å². The highest BCUT2D eigenvalue weighted by molar-refractivity contribution is 5.68. The molecule has 2 N–H and O–H groups in total. The first-order valence-corrected chi connectivity index (χ1v) is 8.73. The number of amides is 1. The van der Waals surface area contributed by atoms with Gasteiger partial charge in [-0.05, 0) is 65.2 Å². The summed E-state index contributed by atoms with van der Waals surface area (Å²) in [5.74, 6) is 0.646. The first-order chi connectivity index (χ1) is 10.4. The Hall–Kier alpha value is -0.810. The highest BCUT2D eigenvalue weighted by Crippen LogP contribution is 2.20. The third-order valence-electron chi connectivity index (χ3n) is 4.34. The van der Waals surface area contributed by atoms with Crippen LogP contribution in [-0.2, 0) is 9.47 Å². The average Bonchev–Trinajstić information content (AvgIpc) is 2.44. The van der Waals surface area contributed by atoms with Gasteiger partial charge in [-0.3, -0.25) is 0 Å². The van der Waals surface area contributed by atoms with Crippen LogP contribution >= 0.6 is 0 Å². The number of nitrogens with one attached hydrogen (secondary N) is 2. The lowest BCUT2D eigenvalue weighted by molar-refractivity contribution is 0.0477. The maximum absolute atomic E-state index is 11.9. The molecule has 1 saturated heterocycles. The van der Waals surface area contributed by atoms with Gasteiger partial charge in [-0.2, -0.15) is 0 Å². The largest absolute Gasteiger partial charge is 0.444 e. The van der Waals surface area contributed by atoms with Crippen molar-refractivity contribution in [1.29, 1.82) is 0 Å². The van der Waals surface area contributed by atoms with Crippen LogP contribution in [0.4, 0.5) is 4.79 Å². The van der Waals surface area contributed by atoms with Crippen LogP contribution in [0.1, 0.15) is 59.3 Å². The topological polar surface area (TPSA) is 59.6 Å². The molecule has 1 saturated carbocycles. The zero-order valence-corrected chi connectivity index (χ0v) is 14.3. The standard InChI is InChI=1S/C17H32N2O3/c1-17(2,3)22-16(20)19-15-8-4-7-14(10-15)18-11-13-6-5-9-21-12-13/h13-15,18H,4-12H2,1-3H3,(H,19,20). The fourth-order valence-corrected chi connectivity index (χ4v) is 3.28. The number of ether oxygens (including phenoxy) is 2. The third kappa shape index (κ3) is 6.53. The highest BCUT2D eigenvalue weighted by atomic mass is 16.6. The zero-order chi connectivity index (χ0) is 16.0. The molecule has 0 aromatic heterocycles. The van der Waals surface area contributed by atoms with E-state index in [0.29, 0.717) is 12.0 Å². The minimum atomic E-state index is -0.433. The Morgan fingerprint density at radius 3 is 2.64 bits per heavy atom. The number of hydrogen-bond donors (Lipinski definition) is 2. The maximum atomic E-state index is 11.9. The van der Waals surface area contributed by atoms with Crippen LogP contribution < -0.4 is 10.6 Å². The molecule has 3 atom stereocenters. The smallest absolute Gasteiger partial charge is 0.407 e. The van der Waals surface area contributed by atoms with Crippen molar-refractivity contribution < 1.29 is 14.3 Å². The van der Waals surface area contributed by atoms with Gasteiger partial charge in [-0.1, -0.05) is 0 Å². The Bertz CT molecular complexity index is 348. The van der Waals surface area contributed by atoms with E-state index in [2.05, 4.69) is 10.6 Å². The van der Waals surface area contributed by atoms with Crippen molar-refractivity contribution in [3.63, 3.8) is 0 Å². The van der Waals surface area contributed by atoms with Crippen molar-refractivity contribution in [2.75, 3.05) is 19.8 Å². The predicted molar refractivity (Wildman–Crippen MR) is 87.0 cm³/mol. The normalized spacial score (nSPS) is 29.9. The summed E-state index contributed by atoms with van der Waals surface area (Å²) in [5, 5.41) is 6.69. The second-order valence-electron chi connectivity index (χ2n) is 7.70. The van der Waals surface area contributed by atoms with E-state index in [0.717, 1.165) is 39.0 Å². The lowest BCUT2D eigenvalue weighted by Crippen LogP contribution is -2.46. The van der Waals surface area contributed by atoms with Crippen LogP contribution in [-0.4, -0.2) is 43.5 Å². The molecular weight excluding hydrogens is 280 g/mol. The van der Waals surface area contributed by atoms with Crippen LogP contribution in [0.25, 0.3) is 0 Å². The predicted octanol–water partition coefficient (Wildman–Crippen LogP) is 2.84. The van der Waals surface area contributed by atoms with E-state index in [1.165, 1.54) is 19.3 Å². The number of carbonyl (C=O) groups excluding carboxylic acids is 1.